The molecule has 0 heterocycles. The summed E-state index contributed by atoms with van der Waals surface area (Å²) in [7, 11) is 0. The Morgan fingerprint density at radius 2 is 2.38 bits per heavy atom. The number of carbonyl (C=O) groups excluding carboxylic acids is 1. The van der Waals surface area contributed by atoms with E-state index < -0.39 is 0 Å². The molecule has 0 rings (SSSR count). The van der Waals surface area contributed by atoms with Gasteiger partial charge in [-0.2, -0.15) is 0 Å². The van der Waals surface area contributed by atoms with Crippen LogP contribution in [0.15, 0.2) is 0 Å². The molecule has 0 amide bonds. The fraction of sp³-hybridized carbons (Fsp3) is 0.667. The molecule has 0 saturated heterocycles. The Balaban J connectivity index is 3.06. The second-order valence-electron chi connectivity index (χ2n) is 1.48. The van der Waals surface area contributed by atoms with Crippen molar-refractivity contribution in [1.29, 1.82) is 0 Å². The number of hydrogen-bond donors (Lipinski definition) is 0. The van der Waals surface area contributed by atoms with Crippen LogP contribution in [0.5, 0.6) is 0 Å². The molecule has 0 aliphatic rings. The van der Waals surface area contributed by atoms with E-state index in [1.165, 1.54) is 11.8 Å². The van der Waals surface area contributed by atoms with Crippen molar-refractivity contribution in [2.45, 2.75) is 26.7 Å². The Hall–Kier alpha value is 0.0200. The SMILES string of the molecule is C[CH]SC(=O)CCC. The third kappa shape index (κ3) is 4.19. The van der Waals surface area contributed by atoms with Crippen LogP contribution in [0.4, 0.5) is 0 Å². The van der Waals surface area contributed by atoms with Crippen molar-refractivity contribution in [3.05, 3.63) is 5.75 Å². The van der Waals surface area contributed by atoms with Crippen LogP contribution < -0.4 is 0 Å². The molecule has 47 valence electrons. The predicted molar refractivity (Wildman–Crippen MR) is 37.5 cm³/mol. The van der Waals surface area contributed by atoms with E-state index in [0.717, 1.165) is 6.42 Å². The zero-order valence-electron chi connectivity index (χ0n) is 5.31. The minimum Gasteiger partial charge on any atom is -0.287 e. The topological polar surface area (TPSA) is 17.1 Å². The van der Waals surface area contributed by atoms with Gasteiger partial charge in [0.25, 0.3) is 0 Å². The van der Waals surface area contributed by atoms with Crippen LogP contribution in [-0.4, -0.2) is 5.12 Å². The van der Waals surface area contributed by atoms with Gasteiger partial charge in [-0.05, 0) is 6.42 Å². The zero-order valence-corrected chi connectivity index (χ0v) is 6.12. The van der Waals surface area contributed by atoms with Gasteiger partial charge >= 0.3 is 0 Å². The molecule has 0 atom stereocenters. The summed E-state index contributed by atoms with van der Waals surface area (Å²) in [5, 5.41) is 0.273. The fourth-order valence-corrected chi connectivity index (χ4v) is 0.979. The third-order valence-electron chi connectivity index (χ3n) is 0.703. The molecular formula is C6H11OS. The molecule has 0 unspecified atom stereocenters. The summed E-state index contributed by atoms with van der Waals surface area (Å²) in [6.07, 6.45) is 1.66. The first-order valence-corrected chi connectivity index (χ1v) is 3.66. The van der Waals surface area contributed by atoms with E-state index in [9.17, 15) is 4.79 Å². The first-order valence-electron chi connectivity index (χ1n) is 2.78. The normalized spacial score (nSPS) is 9.25. The first-order chi connectivity index (χ1) is 3.81. The Labute approximate surface area is 54.8 Å². The Morgan fingerprint density at radius 3 is 2.75 bits per heavy atom. The van der Waals surface area contributed by atoms with Gasteiger partial charge in [-0.3, -0.25) is 4.79 Å². The van der Waals surface area contributed by atoms with Gasteiger partial charge in [-0.15, -0.1) is 0 Å². The second kappa shape index (κ2) is 5.16. The summed E-state index contributed by atoms with van der Waals surface area (Å²) < 4.78 is 0. The number of carbonyl (C=O) groups is 1. The maximum atomic E-state index is 10.6. The molecule has 1 radical (unpaired) electrons. The number of thioether (sulfide) groups is 1. The molecular weight excluding hydrogens is 120 g/mol. The maximum absolute atomic E-state index is 10.6. The van der Waals surface area contributed by atoms with E-state index in [1.807, 2.05) is 19.6 Å². The molecule has 1 nitrogen and oxygen atoms in total. The highest BCUT2D eigenvalue weighted by molar-refractivity contribution is 8.15. The van der Waals surface area contributed by atoms with Crippen molar-refractivity contribution in [1.82, 2.24) is 0 Å². The second-order valence-corrected chi connectivity index (χ2v) is 2.64. The summed E-state index contributed by atoms with van der Waals surface area (Å²) in [5.74, 6) is 1.82. The van der Waals surface area contributed by atoms with Gasteiger partial charge < -0.3 is 0 Å². The van der Waals surface area contributed by atoms with Crippen molar-refractivity contribution in [3.8, 4) is 0 Å². The van der Waals surface area contributed by atoms with Crippen LogP contribution in [0.1, 0.15) is 26.7 Å². The predicted octanol–water partition coefficient (Wildman–Crippen LogP) is 2.23. The lowest BCUT2D eigenvalue weighted by Gasteiger charge is -1.90. The summed E-state index contributed by atoms with van der Waals surface area (Å²) in [6, 6.07) is 0. The Morgan fingerprint density at radius 1 is 1.75 bits per heavy atom. The molecule has 0 N–H and O–H groups in total. The molecule has 0 aliphatic carbocycles. The van der Waals surface area contributed by atoms with Gasteiger partial charge in [0.05, 0.1) is 0 Å². The maximum Gasteiger partial charge on any atom is 0.189 e. The smallest absolute Gasteiger partial charge is 0.189 e. The molecule has 0 aliphatic heterocycles. The van der Waals surface area contributed by atoms with Gasteiger partial charge in [0, 0.05) is 12.2 Å². The molecule has 0 aromatic rings. The Bertz CT molecular complexity index is 62.9. The van der Waals surface area contributed by atoms with Crippen molar-refractivity contribution in [2.24, 2.45) is 0 Å². The quantitative estimate of drug-likeness (QED) is 0.584. The molecule has 0 aromatic heterocycles. The van der Waals surface area contributed by atoms with E-state index in [-0.39, 0.29) is 5.12 Å². The van der Waals surface area contributed by atoms with E-state index in [2.05, 4.69) is 0 Å². The highest BCUT2D eigenvalue weighted by atomic mass is 32.2. The lowest BCUT2D eigenvalue weighted by molar-refractivity contribution is -0.110. The molecule has 2 heteroatoms. The van der Waals surface area contributed by atoms with E-state index >= 15 is 0 Å². The highest BCUT2D eigenvalue weighted by Gasteiger charge is 1.95. The average molecular weight is 131 g/mol. The van der Waals surface area contributed by atoms with Crippen LogP contribution in [-0.2, 0) is 4.79 Å². The molecule has 0 saturated carbocycles. The van der Waals surface area contributed by atoms with Gasteiger partial charge in [0.1, 0.15) is 0 Å². The van der Waals surface area contributed by atoms with Crippen LogP contribution in [0.25, 0.3) is 0 Å². The van der Waals surface area contributed by atoms with Gasteiger partial charge in [0.15, 0.2) is 5.12 Å². The van der Waals surface area contributed by atoms with Crippen LogP contribution in [0, 0.1) is 5.75 Å². The van der Waals surface area contributed by atoms with Crippen molar-refractivity contribution in [2.75, 3.05) is 0 Å². The number of hydrogen-bond acceptors (Lipinski definition) is 2. The zero-order chi connectivity index (χ0) is 6.41. The summed E-state index contributed by atoms with van der Waals surface area (Å²) in [5.41, 5.74) is 0. The highest BCUT2D eigenvalue weighted by Crippen LogP contribution is 2.08. The molecule has 0 aromatic carbocycles. The lowest BCUT2D eigenvalue weighted by Crippen LogP contribution is -1.86. The van der Waals surface area contributed by atoms with Gasteiger partial charge in [-0.1, -0.05) is 25.6 Å². The third-order valence-corrected chi connectivity index (χ3v) is 1.41. The Kier molecular flexibility index (Phi) is 5.18. The van der Waals surface area contributed by atoms with Gasteiger partial charge in [-0.25, -0.2) is 0 Å². The van der Waals surface area contributed by atoms with Gasteiger partial charge in [0.2, 0.25) is 0 Å². The molecule has 0 bridgehead atoms. The average Bonchev–Trinajstić information content (AvgIpc) is 1.68. The van der Waals surface area contributed by atoms with Crippen LogP contribution >= 0.6 is 11.8 Å². The molecule has 0 spiro atoms. The van der Waals surface area contributed by atoms with E-state index in [4.69, 9.17) is 0 Å². The largest absolute Gasteiger partial charge is 0.287 e. The van der Waals surface area contributed by atoms with E-state index in [0.29, 0.717) is 6.42 Å². The lowest BCUT2D eigenvalue weighted by atomic mass is 10.4. The van der Waals surface area contributed by atoms with Crippen LogP contribution in [0.2, 0.25) is 0 Å². The minimum absolute atomic E-state index is 0.273. The number of rotatable bonds is 3. The van der Waals surface area contributed by atoms with E-state index in [1.54, 1.807) is 0 Å². The first kappa shape index (κ1) is 8.02. The summed E-state index contributed by atoms with van der Waals surface area (Å²) in [4.78, 5) is 10.6. The van der Waals surface area contributed by atoms with Crippen molar-refractivity contribution in [3.63, 3.8) is 0 Å². The summed E-state index contributed by atoms with van der Waals surface area (Å²) >= 11 is 1.29. The van der Waals surface area contributed by atoms with Crippen molar-refractivity contribution < 1.29 is 4.79 Å². The summed E-state index contributed by atoms with van der Waals surface area (Å²) in [6.45, 7) is 3.88. The minimum atomic E-state index is 0.273. The standard InChI is InChI=1S/C6H11OS/c1-3-5-6(7)8-4-2/h4H,3,5H2,1-2H3. The molecule has 0 fully saturated rings. The fourth-order valence-electron chi connectivity index (χ4n) is 0.394. The molecule has 8 heavy (non-hydrogen) atoms. The van der Waals surface area contributed by atoms with Crippen molar-refractivity contribution >= 4 is 16.9 Å². The monoisotopic (exact) mass is 131 g/mol. The van der Waals surface area contributed by atoms with Crippen LogP contribution in [0.3, 0.4) is 0 Å².